The van der Waals surface area contributed by atoms with E-state index in [1.54, 1.807) is 0 Å². The van der Waals surface area contributed by atoms with Crippen LogP contribution < -0.4 is 0 Å². The van der Waals surface area contributed by atoms with Gasteiger partial charge >= 0.3 is 0 Å². The molecule has 0 heterocycles. The minimum Gasteiger partial charge on any atom is -0.251 e. The summed E-state index contributed by atoms with van der Waals surface area (Å²) in [6.45, 7) is 9.93. The molecule has 0 N–H and O–H groups in total. The average Bonchev–Trinajstić information content (AvgIpc) is 2.98. The highest BCUT2D eigenvalue weighted by Crippen LogP contribution is 2.68. The first-order valence-corrected chi connectivity index (χ1v) is 12.0. The van der Waals surface area contributed by atoms with Crippen LogP contribution in [0.15, 0.2) is 0 Å². The van der Waals surface area contributed by atoms with Crippen molar-refractivity contribution in [2.45, 2.75) is 98.3 Å². The zero-order valence-electron chi connectivity index (χ0n) is 17.9. The molecule has 4 saturated carbocycles. The van der Waals surface area contributed by atoms with Crippen LogP contribution >= 0.6 is 0 Å². The Labute approximate surface area is 162 Å². The van der Waals surface area contributed by atoms with Gasteiger partial charge in [0.2, 0.25) is 0 Å². The van der Waals surface area contributed by atoms with E-state index in [0.717, 1.165) is 41.9 Å². The van der Waals surface area contributed by atoms with Crippen LogP contribution in [0.1, 0.15) is 98.3 Å². The smallest absolute Gasteiger partial charge is 0.0897 e. The monoisotopic (exact) mass is 362 g/mol. The van der Waals surface area contributed by atoms with Gasteiger partial charge in [0.15, 0.2) is 0 Å². The molecule has 0 aromatic rings. The molecule has 4 aliphatic rings. The van der Waals surface area contributed by atoms with Crippen LogP contribution in [0, 0.1) is 52.3 Å². The molecule has 0 aliphatic heterocycles. The van der Waals surface area contributed by atoms with Crippen molar-refractivity contribution < 1.29 is 4.39 Å². The van der Waals surface area contributed by atoms with E-state index < -0.39 is 0 Å². The maximum Gasteiger partial charge on any atom is 0.0897 e. The molecule has 4 rings (SSSR count). The largest absolute Gasteiger partial charge is 0.251 e. The quantitative estimate of drug-likeness (QED) is 0.481. The van der Waals surface area contributed by atoms with Crippen molar-refractivity contribution in [3.63, 3.8) is 0 Å². The van der Waals surface area contributed by atoms with E-state index >= 15 is 0 Å². The molecule has 0 saturated heterocycles. The van der Waals surface area contributed by atoms with Gasteiger partial charge in [0, 0.05) is 0 Å². The molecule has 0 nitrogen and oxygen atoms in total. The van der Waals surface area contributed by atoms with E-state index in [4.69, 9.17) is 0 Å². The Morgan fingerprint density at radius 3 is 2.38 bits per heavy atom. The van der Waals surface area contributed by atoms with Gasteiger partial charge in [-0.05, 0) is 116 Å². The van der Waals surface area contributed by atoms with Crippen molar-refractivity contribution in [3.05, 3.63) is 0 Å². The van der Waals surface area contributed by atoms with Crippen LogP contribution in [0.5, 0.6) is 0 Å². The lowest BCUT2D eigenvalue weighted by molar-refractivity contribution is -0.121. The molecule has 9 unspecified atom stereocenters. The van der Waals surface area contributed by atoms with Gasteiger partial charge in [-0.2, -0.15) is 0 Å². The van der Waals surface area contributed by atoms with Gasteiger partial charge in [0.05, 0.1) is 6.67 Å². The molecular weight excluding hydrogens is 319 g/mol. The molecule has 0 aromatic heterocycles. The van der Waals surface area contributed by atoms with Crippen molar-refractivity contribution in [1.29, 1.82) is 0 Å². The third-order valence-electron chi connectivity index (χ3n) is 10.7. The first-order valence-electron chi connectivity index (χ1n) is 12.0. The van der Waals surface area contributed by atoms with E-state index in [1.807, 2.05) is 0 Å². The summed E-state index contributed by atoms with van der Waals surface area (Å²) in [4.78, 5) is 0. The van der Waals surface area contributed by atoms with Crippen molar-refractivity contribution >= 4 is 0 Å². The number of alkyl halides is 1. The molecule has 0 amide bonds. The topological polar surface area (TPSA) is 0 Å². The highest BCUT2D eigenvalue weighted by atomic mass is 19.1. The van der Waals surface area contributed by atoms with Crippen LogP contribution in [0.4, 0.5) is 4.39 Å². The van der Waals surface area contributed by atoms with Crippen LogP contribution in [0.2, 0.25) is 0 Å². The molecule has 26 heavy (non-hydrogen) atoms. The second-order valence-corrected chi connectivity index (χ2v) is 11.4. The van der Waals surface area contributed by atoms with Crippen molar-refractivity contribution in [2.24, 2.45) is 52.3 Å². The molecule has 150 valence electrons. The van der Waals surface area contributed by atoms with E-state index in [2.05, 4.69) is 27.7 Å². The maximum absolute atomic E-state index is 13.0. The van der Waals surface area contributed by atoms with Crippen molar-refractivity contribution in [2.75, 3.05) is 6.67 Å². The highest BCUT2D eigenvalue weighted by molar-refractivity contribution is 5.09. The van der Waals surface area contributed by atoms with Gasteiger partial charge in [-0.3, -0.25) is 4.39 Å². The van der Waals surface area contributed by atoms with E-state index in [1.165, 1.54) is 64.2 Å². The molecule has 4 aliphatic carbocycles. The minimum absolute atomic E-state index is 0.122. The van der Waals surface area contributed by atoms with E-state index in [9.17, 15) is 4.39 Å². The normalized spacial score (nSPS) is 52.0. The van der Waals surface area contributed by atoms with Crippen molar-refractivity contribution in [1.82, 2.24) is 0 Å². The lowest BCUT2D eigenvalue weighted by Crippen LogP contribution is -2.53. The van der Waals surface area contributed by atoms with Crippen LogP contribution in [-0.2, 0) is 0 Å². The van der Waals surface area contributed by atoms with Gasteiger partial charge in [-0.15, -0.1) is 0 Å². The number of fused-ring (bicyclic) bond motifs is 5. The zero-order chi connectivity index (χ0) is 18.5. The Balaban J connectivity index is 1.54. The first-order chi connectivity index (χ1) is 12.4. The van der Waals surface area contributed by atoms with Gasteiger partial charge in [-0.25, -0.2) is 0 Å². The lowest BCUT2D eigenvalue weighted by atomic mass is 9.44. The summed E-state index contributed by atoms with van der Waals surface area (Å²) in [6.07, 6.45) is 15.4. The zero-order valence-corrected chi connectivity index (χ0v) is 17.9. The van der Waals surface area contributed by atoms with Gasteiger partial charge in [0.1, 0.15) is 0 Å². The third-order valence-corrected chi connectivity index (χ3v) is 10.7. The molecule has 0 spiro atoms. The van der Waals surface area contributed by atoms with Gasteiger partial charge in [-0.1, -0.05) is 34.1 Å². The van der Waals surface area contributed by atoms with Gasteiger partial charge in [0.25, 0.3) is 0 Å². The molecular formula is C25H43F. The summed E-state index contributed by atoms with van der Waals surface area (Å²) in [6, 6.07) is 0. The Morgan fingerprint density at radius 1 is 0.923 bits per heavy atom. The molecule has 9 atom stereocenters. The van der Waals surface area contributed by atoms with Crippen LogP contribution in [-0.4, -0.2) is 6.67 Å². The predicted octanol–water partition coefficient (Wildman–Crippen LogP) is 7.67. The number of hydrogen-bond acceptors (Lipinski definition) is 0. The summed E-state index contributed by atoms with van der Waals surface area (Å²) in [5.74, 6) is 6.30. The number of halogens is 1. The van der Waals surface area contributed by atoms with E-state index in [-0.39, 0.29) is 6.67 Å². The second-order valence-electron chi connectivity index (χ2n) is 11.4. The standard InChI is InChI=1S/C25H43F/c1-5-18-10-13-24(3)19(16-18)6-7-20-22-9-8-21(17(2)12-15-26)25(22,4)14-11-23(20)24/h17-23H,5-16H2,1-4H3. The SMILES string of the molecule is CCC1CCC2(C)C(CCC3C2CCC2(C)C(C(C)CCF)CCC32)C1. The number of rotatable bonds is 4. The van der Waals surface area contributed by atoms with Crippen molar-refractivity contribution in [3.8, 4) is 0 Å². The molecule has 0 radical (unpaired) electrons. The Bertz CT molecular complexity index is 500. The number of hydrogen-bond donors (Lipinski definition) is 0. The summed E-state index contributed by atoms with van der Waals surface area (Å²) in [5.41, 5.74) is 1.15. The fourth-order valence-electron chi connectivity index (χ4n) is 9.07. The summed E-state index contributed by atoms with van der Waals surface area (Å²) in [5, 5.41) is 0. The Hall–Kier alpha value is -0.0700. The summed E-state index contributed by atoms with van der Waals surface area (Å²) in [7, 11) is 0. The maximum atomic E-state index is 13.0. The third kappa shape index (κ3) is 2.81. The fraction of sp³-hybridized carbons (Fsp3) is 1.00. The lowest BCUT2D eigenvalue weighted by Gasteiger charge is -2.61. The Morgan fingerprint density at radius 2 is 1.65 bits per heavy atom. The van der Waals surface area contributed by atoms with Gasteiger partial charge < -0.3 is 0 Å². The Kier molecular flexibility index (Phi) is 5.24. The van der Waals surface area contributed by atoms with Crippen LogP contribution in [0.3, 0.4) is 0 Å². The molecule has 4 fully saturated rings. The highest BCUT2D eigenvalue weighted by Gasteiger charge is 2.60. The van der Waals surface area contributed by atoms with E-state index in [0.29, 0.717) is 16.7 Å². The average molecular weight is 363 g/mol. The second kappa shape index (κ2) is 7.07. The minimum atomic E-state index is -0.122. The first kappa shape index (κ1) is 19.3. The fourth-order valence-corrected chi connectivity index (χ4v) is 9.07. The van der Waals surface area contributed by atoms with Crippen LogP contribution in [0.25, 0.3) is 0 Å². The summed E-state index contributed by atoms with van der Waals surface area (Å²) >= 11 is 0. The summed E-state index contributed by atoms with van der Waals surface area (Å²) < 4.78 is 13.0. The molecule has 0 aromatic carbocycles. The predicted molar refractivity (Wildman–Crippen MR) is 109 cm³/mol. The molecule has 1 heteroatoms. The molecule has 0 bridgehead atoms.